The first-order valence-electron chi connectivity index (χ1n) is 18.6. The van der Waals surface area contributed by atoms with E-state index in [0.29, 0.717) is 24.2 Å². The molecule has 0 spiro atoms. The third kappa shape index (κ3) is 25.1. The van der Waals surface area contributed by atoms with Gasteiger partial charge in [0.2, 0.25) is 0 Å². The summed E-state index contributed by atoms with van der Waals surface area (Å²) in [6.07, 6.45) is 16.7. The molecule has 44 heavy (non-hydrogen) atoms. The van der Waals surface area contributed by atoms with Gasteiger partial charge in [-0.05, 0) is 136 Å². The molecule has 2 rings (SSSR count). The van der Waals surface area contributed by atoms with Crippen LogP contribution in [0.4, 0.5) is 0 Å². The SMILES string of the molecule is C/C(=C/NC(C)C)CC1CC(C)C(NC(C)C)C(C)C1.CC.CC(C)C.CCC(C=CC=C(C)C)NCC1CCN(C)CC1. The molecule has 1 heterocycles. The van der Waals surface area contributed by atoms with E-state index in [1.807, 2.05) is 13.8 Å². The lowest BCUT2D eigenvalue weighted by Crippen LogP contribution is -2.47. The number of likely N-dealkylation sites (tertiary alicyclic amines) is 1. The summed E-state index contributed by atoms with van der Waals surface area (Å²) in [6.45, 7) is 36.7. The standard InChI is InChI=1S/C18H36N2.C16H30N2.C4H10.C2H6/c1-12(2)19-11-14(5)8-17-9-15(6)18(16(7)10-17)20-13(3)4;1-5-16(8-6-7-14(2)3)17-13-15-9-11-18(4)12-10-15;1-4(2)3;1-2/h11-13,15-20H,8-10H2,1-7H3;6-8,15-17H,5,9-13H2,1-4H3;4H,1-3H3;1-2H3/b14-11-;;;. The first-order valence-corrected chi connectivity index (χ1v) is 18.6. The third-order valence-corrected chi connectivity index (χ3v) is 8.16. The Morgan fingerprint density at radius 2 is 1.36 bits per heavy atom. The van der Waals surface area contributed by atoms with Crippen molar-refractivity contribution in [1.82, 2.24) is 20.9 Å². The van der Waals surface area contributed by atoms with Gasteiger partial charge in [0.05, 0.1) is 0 Å². The number of nitrogens with one attached hydrogen (secondary N) is 3. The predicted molar refractivity (Wildman–Crippen MR) is 202 cm³/mol. The zero-order valence-corrected chi connectivity index (χ0v) is 32.8. The summed E-state index contributed by atoms with van der Waals surface area (Å²) < 4.78 is 0. The maximum atomic E-state index is 3.77. The molecule has 3 atom stereocenters. The van der Waals surface area contributed by atoms with E-state index in [1.54, 1.807) is 0 Å². The molecule has 1 saturated heterocycles. The van der Waals surface area contributed by atoms with E-state index in [1.165, 1.54) is 69.3 Å². The molecule has 1 aliphatic carbocycles. The highest BCUT2D eigenvalue weighted by atomic mass is 15.1. The van der Waals surface area contributed by atoms with Gasteiger partial charge in [0, 0.05) is 24.2 Å². The van der Waals surface area contributed by atoms with Gasteiger partial charge in [-0.2, -0.15) is 0 Å². The van der Waals surface area contributed by atoms with Crippen LogP contribution in [0.2, 0.25) is 0 Å². The van der Waals surface area contributed by atoms with Gasteiger partial charge >= 0.3 is 0 Å². The topological polar surface area (TPSA) is 39.3 Å². The Balaban J connectivity index is 0. The molecule has 3 N–H and O–H groups in total. The fourth-order valence-corrected chi connectivity index (χ4v) is 6.02. The summed E-state index contributed by atoms with van der Waals surface area (Å²) in [5.41, 5.74) is 2.86. The molecule has 0 radical (unpaired) electrons. The smallest absolute Gasteiger partial charge is 0.0250 e. The van der Waals surface area contributed by atoms with Gasteiger partial charge in [0.25, 0.3) is 0 Å². The third-order valence-electron chi connectivity index (χ3n) is 8.16. The van der Waals surface area contributed by atoms with Crippen molar-refractivity contribution in [1.29, 1.82) is 0 Å². The molecular weight excluding hydrogens is 536 g/mol. The number of allylic oxidation sites excluding steroid dienone is 4. The van der Waals surface area contributed by atoms with Gasteiger partial charge in [-0.1, -0.05) is 98.6 Å². The molecule has 0 aromatic heterocycles. The van der Waals surface area contributed by atoms with Gasteiger partial charge in [0.1, 0.15) is 0 Å². The molecule has 3 unspecified atom stereocenters. The van der Waals surface area contributed by atoms with E-state index in [2.05, 4.69) is 142 Å². The molecule has 1 aliphatic heterocycles. The number of hydrogen-bond donors (Lipinski definition) is 3. The Kier molecular flexibility index (Phi) is 27.7. The van der Waals surface area contributed by atoms with Gasteiger partial charge in [-0.15, -0.1) is 0 Å². The quantitative estimate of drug-likeness (QED) is 0.190. The second kappa shape index (κ2) is 27.1. The van der Waals surface area contributed by atoms with Crippen molar-refractivity contribution in [3.05, 3.63) is 35.6 Å². The molecular formula is C40H82N4. The van der Waals surface area contributed by atoms with Gasteiger partial charge < -0.3 is 20.9 Å². The Hall–Kier alpha value is -1.10. The van der Waals surface area contributed by atoms with Crippen LogP contribution in [0.15, 0.2) is 35.6 Å². The van der Waals surface area contributed by atoms with Crippen LogP contribution in [0.1, 0.15) is 142 Å². The maximum Gasteiger partial charge on any atom is 0.0250 e. The first kappa shape index (κ1) is 45.0. The summed E-state index contributed by atoms with van der Waals surface area (Å²) in [7, 11) is 2.22. The average molecular weight is 619 g/mol. The molecule has 0 aromatic rings. The lowest BCUT2D eigenvalue weighted by molar-refractivity contribution is 0.147. The molecule has 1 saturated carbocycles. The molecule has 4 nitrogen and oxygen atoms in total. The van der Waals surface area contributed by atoms with Crippen LogP contribution in [0.3, 0.4) is 0 Å². The second-order valence-corrected chi connectivity index (χ2v) is 15.2. The van der Waals surface area contributed by atoms with Crippen molar-refractivity contribution >= 4 is 0 Å². The molecule has 2 aliphatic rings. The van der Waals surface area contributed by atoms with Crippen LogP contribution in [-0.2, 0) is 0 Å². The number of rotatable bonds is 12. The van der Waals surface area contributed by atoms with Crippen LogP contribution in [0.5, 0.6) is 0 Å². The van der Waals surface area contributed by atoms with E-state index in [-0.39, 0.29) is 0 Å². The summed E-state index contributed by atoms with van der Waals surface area (Å²) in [5.74, 6) is 4.14. The summed E-state index contributed by atoms with van der Waals surface area (Å²) in [6, 6.07) is 2.36. The van der Waals surface area contributed by atoms with Gasteiger partial charge in [0.15, 0.2) is 0 Å². The molecule has 4 heteroatoms. The maximum absolute atomic E-state index is 3.77. The minimum atomic E-state index is 0.528. The largest absolute Gasteiger partial charge is 0.389 e. The fourth-order valence-electron chi connectivity index (χ4n) is 6.02. The van der Waals surface area contributed by atoms with E-state index >= 15 is 0 Å². The molecule has 0 aromatic carbocycles. The molecule has 2 fully saturated rings. The zero-order chi connectivity index (χ0) is 34.2. The van der Waals surface area contributed by atoms with Crippen LogP contribution in [0, 0.1) is 29.6 Å². The minimum Gasteiger partial charge on any atom is -0.389 e. The second-order valence-electron chi connectivity index (χ2n) is 15.2. The van der Waals surface area contributed by atoms with Crippen LogP contribution in [0.25, 0.3) is 0 Å². The highest BCUT2D eigenvalue weighted by Gasteiger charge is 2.33. The Morgan fingerprint density at radius 3 is 1.80 bits per heavy atom. The summed E-state index contributed by atoms with van der Waals surface area (Å²) in [4.78, 5) is 2.43. The Bertz CT molecular complexity index is 724. The van der Waals surface area contributed by atoms with Crippen LogP contribution in [-0.4, -0.2) is 55.7 Å². The lowest BCUT2D eigenvalue weighted by atomic mass is 9.71. The van der Waals surface area contributed by atoms with Crippen molar-refractivity contribution in [3.63, 3.8) is 0 Å². The number of hydrogen-bond acceptors (Lipinski definition) is 4. The number of nitrogens with zero attached hydrogens (tertiary/aromatic N) is 1. The molecule has 0 amide bonds. The highest BCUT2D eigenvalue weighted by Crippen LogP contribution is 2.36. The minimum absolute atomic E-state index is 0.528. The van der Waals surface area contributed by atoms with Crippen molar-refractivity contribution in [3.8, 4) is 0 Å². The van der Waals surface area contributed by atoms with Crippen molar-refractivity contribution in [2.24, 2.45) is 29.6 Å². The monoisotopic (exact) mass is 619 g/mol. The van der Waals surface area contributed by atoms with Crippen molar-refractivity contribution in [2.75, 3.05) is 26.7 Å². The van der Waals surface area contributed by atoms with E-state index < -0.39 is 0 Å². The Labute approximate surface area is 278 Å². The first-order chi connectivity index (χ1) is 20.6. The Morgan fingerprint density at radius 1 is 0.841 bits per heavy atom. The normalized spacial score (nSPS) is 23.8. The van der Waals surface area contributed by atoms with Crippen molar-refractivity contribution < 1.29 is 0 Å². The molecule has 262 valence electrons. The summed E-state index contributed by atoms with van der Waals surface area (Å²) in [5, 5.41) is 10.9. The van der Waals surface area contributed by atoms with E-state index in [9.17, 15) is 0 Å². The lowest BCUT2D eigenvalue weighted by Gasteiger charge is -2.41. The zero-order valence-electron chi connectivity index (χ0n) is 32.8. The van der Waals surface area contributed by atoms with Crippen LogP contribution < -0.4 is 16.0 Å². The summed E-state index contributed by atoms with van der Waals surface area (Å²) >= 11 is 0. The molecule has 0 bridgehead atoms. The highest BCUT2D eigenvalue weighted by molar-refractivity contribution is 5.10. The van der Waals surface area contributed by atoms with Crippen LogP contribution >= 0.6 is 0 Å². The van der Waals surface area contributed by atoms with E-state index in [0.717, 1.165) is 29.6 Å². The average Bonchev–Trinajstić information content (AvgIpc) is 2.93. The predicted octanol–water partition coefficient (Wildman–Crippen LogP) is 10.2. The van der Waals surface area contributed by atoms with Crippen molar-refractivity contribution in [2.45, 2.75) is 167 Å². The number of piperidine rings is 1. The van der Waals surface area contributed by atoms with Gasteiger partial charge in [-0.25, -0.2) is 0 Å². The fraction of sp³-hybridized carbons (Fsp3) is 0.850. The van der Waals surface area contributed by atoms with E-state index in [4.69, 9.17) is 0 Å². The van der Waals surface area contributed by atoms with Gasteiger partial charge in [-0.3, -0.25) is 0 Å².